The van der Waals surface area contributed by atoms with Gasteiger partial charge in [-0.3, -0.25) is 0 Å². The average molecular weight is 225 g/mol. The largest absolute Gasteiger partial charge is 0.392 e. The van der Waals surface area contributed by atoms with Crippen molar-refractivity contribution in [2.24, 2.45) is 5.92 Å². The number of hydrogen-bond donors (Lipinski definition) is 2. The third kappa shape index (κ3) is 3.74. The van der Waals surface area contributed by atoms with Crippen molar-refractivity contribution in [1.82, 2.24) is 5.32 Å². The lowest BCUT2D eigenvalue weighted by molar-refractivity contribution is 0.119. The lowest BCUT2D eigenvalue weighted by Crippen LogP contribution is -2.39. The van der Waals surface area contributed by atoms with E-state index >= 15 is 0 Å². The standard InChI is InChI=1S/C14H27NO/c16-14-9-3-1-2-8-13(14)15-11-10-12-6-4-5-7-12/h12-16H,1-11H2. The summed E-state index contributed by atoms with van der Waals surface area (Å²) in [5, 5.41) is 13.6. The summed E-state index contributed by atoms with van der Waals surface area (Å²) >= 11 is 0. The molecule has 0 aromatic rings. The van der Waals surface area contributed by atoms with Crippen LogP contribution in [-0.4, -0.2) is 23.8 Å². The first-order valence-electron chi connectivity index (χ1n) is 7.28. The van der Waals surface area contributed by atoms with Crippen molar-refractivity contribution in [3.05, 3.63) is 0 Å². The van der Waals surface area contributed by atoms with E-state index in [1.54, 1.807) is 0 Å². The zero-order valence-electron chi connectivity index (χ0n) is 10.5. The Labute approximate surface area is 99.8 Å². The molecule has 2 fully saturated rings. The number of nitrogens with one attached hydrogen (secondary N) is 1. The average Bonchev–Trinajstić information content (AvgIpc) is 2.71. The SMILES string of the molecule is OC1CCCCCC1NCCC1CCCC1. The van der Waals surface area contributed by atoms with Crippen LogP contribution in [-0.2, 0) is 0 Å². The van der Waals surface area contributed by atoms with Gasteiger partial charge in [0.2, 0.25) is 0 Å². The van der Waals surface area contributed by atoms with Crippen molar-refractivity contribution < 1.29 is 5.11 Å². The summed E-state index contributed by atoms with van der Waals surface area (Å²) in [7, 11) is 0. The Hall–Kier alpha value is -0.0800. The third-order valence-corrected chi connectivity index (χ3v) is 4.41. The molecule has 2 aliphatic rings. The lowest BCUT2D eigenvalue weighted by atomic mass is 10.0. The molecule has 0 bridgehead atoms. The van der Waals surface area contributed by atoms with E-state index in [0.717, 1.165) is 18.9 Å². The van der Waals surface area contributed by atoms with Crippen LogP contribution in [0, 0.1) is 5.92 Å². The van der Waals surface area contributed by atoms with Gasteiger partial charge >= 0.3 is 0 Å². The highest BCUT2D eigenvalue weighted by atomic mass is 16.3. The minimum absolute atomic E-state index is 0.0916. The zero-order valence-corrected chi connectivity index (χ0v) is 10.5. The van der Waals surface area contributed by atoms with Gasteiger partial charge in [0.25, 0.3) is 0 Å². The molecule has 2 heteroatoms. The maximum atomic E-state index is 9.98. The molecule has 94 valence electrons. The van der Waals surface area contributed by atoms with E-state index in [0.29, 0.717) is 6.04 Å². The summed E-state index contributed by atoms with van der Waals surface area (Å²) < 4.78 is 0. The lowest BCUT2D eigenvalue weighted by Gasteiger charge is -2.22. The van der Waals surface area contributed by atoms with Crippen molar-refractivity contribution >= 4 is 0 Å². The molecule has 2 nitrogen and oxygen atoms in total. The van der Waals surface area contributed by atoms with Gasteiger partial charge in [-0.05, 0) is 31.7 Å². The number of hydrogen-bond acceptors (Lipinski definition) is 2. The fraction of sp³-hybridized carbons (Fsp3) is 1.00. The Morgan fingerprint density at radius 3 is 2.38 bits per heavy atom. The first-order valence-corrected chi connectivity index (χ1v) is 7.28. The molecule has 2 unspecified atom stereocenters. The number of aliphatic hydroxyl groups excluding tert-OH is 1. The molecule has 0 heterocycles. The first kappa shape index (κ1) is 12.4. The second kappa shape index (κ2) is 6.61. The Morgan fingerprint density at radius 1 is 0.875 bits per heavy atom. The topological polar surface area (TPSA) is 32.3 Å². The molecule has 0 aliphatic heterocycles. The number of rotatable bonds is 4. The Bertz CT molecular complexity index is 189. The predicted molar refractivity (Wildman–Crippen MR) is 67.5 cm³/mol. The van der Waals surface area contributed by atoms with Gasteiger partial charge in [-0.15, -0.1) is 0 Å². The van der Waals surface area contributed by atoms with E-state index in [9.17, 15) is 5.11 Å². The summed E-state index contributed by atoms with van der Waals surface area (Å²) in [6, 6.07) is 0.379. The molecule has 2 atom stereocenters. The van der Waals surface area contributed by atoms with E-state index in [-0.39, 0.29) is 6.10 Å². The molecule has 0 aromatic heterocycles. The molecule has 0 radical (unpaired) electrons. The Morgan fingerprint density at radius 2 is 1.56 bits per heavy atom. The second-order valence-electron chi connectivity index (χ2n) is 5.71. The highest BCUT2D eigenvalue weighted by molar-refractivity contribution is 4.79. The maximum Gasteiger partial charge on any atom is 0.0693 e. The molecule has 0 aromatic carbocycles. The highest BCUT2D eigenvalue weighted by Crippen LogP contribution is 2.27. The number of aliphatic hydroxyl groups is 1. The monoisotopic (exact) mass is 225 g/mol. The van der Waals surface area contributed by atoms with E-state index in [1.165, 1.54) is 57.8 Å². The third-order valence-electron chi connectivity index (χ3n) is 4.41. The first-order chi connectivity index (χ1) is 7.86. The predicted octanol–water partition coefficient (Wildman–Crippen LogP) is 2.85. The molecule has 0 spiro atoms. The van der Waals surface area contributed by atoms with E-state index < -0.39 is 0 Å². The van der Waals surface area contributed by atoms with Crippen LogP contribution < -0.4 is 5.32 Å². The molecule has 0 saturated heterocycles. The van der Waals surface area contributed by atoms with Crippen LogP contribution in [0.25, 0.3) is 0 Å². The molecule has 0 amide bonds. The van der Waals surface area contributed by atoms with Crippen molar-refractivity contribution in [2.45, 2.75) is 76.4 Å². The molecule has 2 rings (SSSR count). The van der Waals surface area contributed by atoms with Crippen LogP contribution in [0.2, 0.25) is 0 Å². The van der Waals surface area contributed by atoms with Gasteiger partial charge in [-0.25, -0.2) is 0 Å². The van der Waals surface area contributed by atoms with Crippen LogP contribution >= 0.6 is 0 Å². The Balaban J connectivity index is 1.63. The minimum Gasteiger partial charge on any atom is -0.392 e. The fourth-order valence-electron chi connectivity index (χ4n) is 3.30. The van der Waals surface area contributed by atoms with Gasteiger partial charge in [-0.2, -0.15) is 0 Å². The summed E-state index contributed by atoms with van der Waals surface area (Å²) in [6.45, 7) is 1.12. The van der Waals surface area contributed by atoms with Crippen molar-refractivity contribution in [2.75, 3.05) is 6.54 Å². The minimum atomic E-state index is -0.0916. The van der Waals surface area contributed by atoms with Gasteiger partial charge < -0.3 is 10.4 Å². The fourth-order valence-corrected chi connectivity index (χ4v) is 3.30. The molecular weight excluding hydrogens is 198 g/mol. The zero-order chi connectivity index (χ0) is 11.2. The summed E-state index contributed by atoms with van der Waals surface area (Å²) in [5.41, 5.74) is 0. The van der Waals surface area contributed by atoms with Crippen molar-refractivity contribution in [1.29, 1.82) is 0 Å². The molecule has 16 heavy (non-hydrogen) atoms. The van der Waals surface area contributed by atoms with Crippen molar-refractivity contribution in [3.8, 4) is 0 Å². The van der Waals surface area contributed by atoms with Crippen LogP contribution in [0.1, 0.15) is 64.2 Å². The van der Waals surface area contributed by atoms with Gasteiger partial charge in [0.15, 0.2) is 0 Å². The van der Waals surface area contributed by atoms with Gasteiger partial charge in [0, 0.05) is 6.04 Å². The second-order valence-corrected chi connectivity index (χ2v) is 5.71. The van der Waals surface area contributed by atoms with E-state index in [4.69, 9.17) is 0 Å². The van der Waals surface area contributed by atoms with E-state index in [2.05, 4.69) is 5.32 Å². The molecule has 2 N–H and O–H groups in total. The van der Waals surface area contributed by atoms with Crippen molar-refractivity contribution in [3.63, 3.8) is 0 Å². The van der Waals surface area contributed by atoms with Gasteiger partial charge in [-0.1, -0.05) is 44.9 Å². The van der Waals surface area contributed by atoms with Crippen LogP contribution in [0.4, 0.5) is 0 Å². The normalized spacial score (nSPS) is 32.8. The quantitative estimate of drug-likeness (QED) is 0.721. The maximum absolute atomic E-state index is 9.98. The van der Waals surface area contributed by atoms with Gasteiger partial charge in [0.1, 0.15) is 0 Å². The summed E-state index contributed by atoms with van der Waals surface area (Å²) in [5.74, 6) is 0.968. The van der Waals surface area contributed by atoms with Crippen LogP contribution in [0.15, 0.2) is 0 Å². The summed E-state index contributed by atoms with van der Waals surface area (Å²) in [6.07, 6.45) is 13.0. The van der Waals surface area contributed by atoms with E-state index in [1.807, 2.05) is 0 Å². The molecule has 2 aliphatic carbocycles. The summed E-state index contributed by atoms with van der Waals surface area (Å²) in [4.78, 5) is 0. The highest BCUT2D eigenvalue weighted by Gasteiger charge is 2.21. The van der Waals surface area contributed by atoms with Crippen LogP contribution in [0.5, 0.6) is 0 Å². The van der Waals surface area contributed by atoms with Gasteiger partial charge in [0.05, 0.1) is 6.10 Å². The smallest absolute Gasteiger partial charge is 0.0693 e. The molecule has 2 saturated carbocycles. The molecular formula is C14H27NO. The van der Waals surface area contributed by atoms with Crippen LogP contribution in [0.3, 0.4) is 0 Å². The Kier molecular flexibility index (Phi) is 5.11.